The second-order valence-electron chi connectivity index (χ2n) is 4.82. The Morgan fingerprint density at radius 1 is 0.609 bits per heavy atom. The standard InChI is InChI=1S/C20H16.BH2O2/c1-4-10-17(11-5-1)16-20(18-12-6-2-7-13-18)19-14-8-3-9-15-19;2-1-3/h1-16H;2-3H. The highest BCUT2D eigenvalue weighted by Crippen LogP contribution is 2.25. The minimum absolute atomic E-state index is 0. The van der Waals surface area contributed by atoms with Crippen LogP contribution in [-0.2, 0) is 0 Å². The van der Waals surface area contributed by atoms with Gasteiger partial charge in [0, 0.05) is 0 Å². The van der Waals surface area contributed by atoms with E-state index in [2.05, 4.69) is 91.0 Å². The highest BCUT2D eigenvalue weighted by atomic mass is 16.4. The third-order valence-electron chi connectivity index (χ3n) is 3.28. The normalized spacial score (nSPS) is 9.30. The third-order valence-corrected chi connectivity index (χ3v) is 3.28. The van der Waals surface area contributed by atoms with Gasteiger partial charge in [-0.1, -0.05) is 91.0 Å². The van der Waals surface area contributed by atoms with Crippen LogP contribution in [0.5, 0.6) is 0 Å². The van der Waals surface area contributed by atoms with Gasteiger partial charge in [-0.2, -0.15) is 0 Å². The van der Waals surface area contributed by atoms with Crippen molar-refractivity contribution < 1.29 is 10.0 Å². The van der Waals surface area contributed by atoms with Gasteiger partial charge < -0.3 is 10.0 Å². The van der Waals surface area contributed by atoms with Gasteiger partial charge >= 0.3 is 7.69 Å². The first-order valence-corrected chi connectivity index (χ1v) is 7.33. The van der Waals surface area contributed by atoms with Crippen molar-refractivity contribution in [2.24, 2.45) is 0 Å². The van der Waals surface area contributed by atoms with Gasteiger partial charge in [0.1, 0.15) is 0 Å². The lowest BCUT2D eigenvalue weighted by atomic mass is 9.96. The van der Waals surface area contributed by atoms with Crippen molar-refractivity contribution in [2.75, 3.05) is 0 Å². The van der Waals surface area contributed by atoms with E-state index in [9.17, 15) is 0 Å². The Bertz CT molecular complexity index is 669. The topological polar surface area (TPSA) is 40.5 Å². The summed E-state index contributed by atoms with van der Waals surface area (Å²) in [4.78, 5) is 0. The molecule has 0 spiro atoms. The van der Waals surface area contributed by atoms with Crippen LogP contribution in [0.1, 0.15) is 16.7 Å². The average Bonchev–Trinajstić information content (AvgIpc) is 2.63. The first-order valence-electron chi connectivity index (χ1n) is 7.33. The lowest BCUT2D eigenvalue weighted by molar-refractivity contribution is 0.448. The molecule has 0 atom stereocenters. The minimum Gasteiger partial charge on any atom is -0.429 e. The van der Waals surface area contributed by atoms with Crippen molar-refractivity contribution in [3.63, 3.8) is 0 Å². The molecule has 0 bridgehead atoms. The molecule has 0 aliphatic heterocycles. The van der Waals surface area contributed by atoms with Gasteiger partial charge in [-0.3, -0.25) is 0 Å². The van der Waals surface area contributed by atoms with Crippen LogP contribution in [0.2, 0.25) is 0 Å². The van der Waals surface area contributed by atoms with E-state index in [0.717, 1.165) is 0 Å². The van der Waals surface area contributed by atoms with Crippen LogP contribution in [-0.4, -0.2) is 17.7 Å². The van der Waals surface area contributed by atoms with Crippen molar-refractivity contribution in [3.05, 3.63) is 108 Å². The van der Waals surface area contributed by atoms with Crippen LogP contribution in [0.4, 0.5) is 0 Å². The zero-order valence-electron chi connectivity index (χ0n) is 12.7. The van der Waals surface area contributed by atoms with Gasteiger partial charge in [-0.25, -0.2) is 0 Å². The fourth-order valence-corrected chi connectivity index (χ4v) is 2.28. The maximum atomic E-state index is 7.00. The van der Waals surface area contributed by atoms with Crippen LogP contribution < -0.4 is 0 Å². The lowest BCUT2D eigenvalue weighted by Gasteiger charge is -2.08. The van der Waals surface area contributed by atoms with Crippen molar-refractivity contribution >= 4 is 19.3 Å². The lowest BCUT2D eigenvalue weighted by Crippen LogP contribution is -1.87. The monoisotopic (exact) mass is 301 g/mol. The van der Waals surface area contributed by atoms with Gasteiger partial charge in [0.2, 0.25) is 0 Å². The molecule has 23 heavy (non-hydrogen) atoms. The zero-order valence-corrected chi connectivity index (χ0v) is 12.7. The fourth-order valence-electron chi connectivity index (χ4n) is 2.28. The Balaban J connectivity index is 0.000000595. The van der Waals surface area contributed by atoms with E-state index < -0.39 is 0 Å². The highest BCUT2D eigenvalue weighted by Gasteiger charge is 2.04. The summed E-state index contributed by atoms with van der Waals surface area (Å²) in [7, 11) is 0. The summed E-state index contributed by atoms with van der Waals surface area (Å²) in [6.07, 6.45) is 2.24. The van der Waals surface area contributed by atoms with E-state index >= 15 is 0 Å². The third kappa shape index (κ3) is 5.26. The molecule has 3 aromatic carbocycles. The Morgan fingerprint density at radius 3 is 1.35 bits per heavy atom. The molecule has 0 amide bonds. The maximum absolute atomic E-state index is 7.00. The Hall–Kier alpha value is -2.62. The van der Waals surface area contributed by atoms with Crippen molar-refractivity contribution in [1.82, 2.24) is 0 Å². The van der Waals surface area contributed by atoms with Crippen LogP contribution >= 0.6 is 0 Å². The predicted octanol–water partition coefficient (Wildman–Crippen LogP) is 3.78. The SMILES string of the molecule is C(=C(c1ccccc1)c1ccccc1)c1ccccc1.O[B]O. The molecule has 0 unspecified atom stereocenters. The van der Waals surface area contributed by atoms with Crippen LogP contribution in [0, 0.1) is 0 Å². The molecule has 3 rings (SSSR count). The van der Waals surface area contributed by atoms with Crippen LogP contribution in [0.3, 0.4) is 0 Å². The minimum atomic E-state index is 0. The number of benzene rings is 3. The maximum Gasteiger partial charge on any atom is 0.482 e. The Morgan fingerprint density at radius 2 is 0.957 bits per heavy atom. The van der Waals surface area contributed by atoms with E-state index in [0.29, 0.717) is 0 Å². The first-order chi connectivity index (χ1) is 11.3. The van der Waals surface area contributed by atoms with Crippen LogP contribution in [0.15, 0.2) is 91.0 Å². The summed E-state index contributed by atoms with van der Waals surface area (Å²) < 4.78 is 0. The van der Waals surface area contributed by atoms with Gasteiger partial charge in [0.25, 0.3) is 0 Å². The smallest absolute Gasteiger partial charge is 0.429 e. The summed E-state index contributed by atoms with van der Waals surface area (Å²) in [5, 5.41) is 14.0. The molecule has 3 heteroatoms. The van der Waals surface area contributed by atoms with Gasteiger partial charge in [-0.15, -0.1) is 0 Å². The average molecular weight is 301 g/mol. The van der Waals surface area contributed by atoms with E-state index in [1.165, 1.54) is 22.3 Å². The molecule has 0 aliphatic rings. The number of hydrogen-bond donors (Lipinski definition) is 2. The molecule has 0 saturated heterocycles. The van der Waals surface area contributed by atoms with Crippen LogP contribution in [0.25, 0.3) is 11.6 Å². The summed E-state index contributed by atoms with van der Waals surface area (Å²) in [5.41, 5.74) is 4.94. The molecule has 2 N–H and O–H groups in total. The Labute approximate surface area is 137 Å². The van der Waals surface area contributed by atoms with Gasteiger partial charge in [0.15, 0.2) is 0 Å². The van der Waals surface area contributed by atoms with E-state index in [4.69, 9.17) is 10.0 Å². The molecule has 1 radical (unpaired) electrons. The molecule has 113 valence electrons. The number of hydrogen-bond acceptors (Lipinski definition) is 2. The summed E-state index contributed by atoms with van der Waals surface area (Å²) in [5.74, 6) is 0. The van der Waals surface area contributed by atoms with Gasteiger partial charge in [-0.05, 0) is 28.3 Å². The Kier molecular flexibility index (Phi) is 6.85. The van der Waals surface area contributed by atoms with Crippen molar-refractivity contribution in [3.8, 4) is 0 Å². The molecular formula is C20H18BO2. The van der Waals surface area contributed by atoms with E-state index in [1.807, 2.05) is 6.07 Å². The first kappa shape index (κ1) is 16.8. The molecular weight excluding hydrogens is 283 g/mol. The molecule has 0 heterocycles. The second kappa shape index (κ2) is 9.41. The zero-order chi connectivity index (χ0) is 16.3. The summed E-state index contributed by atoms with van der Waals surface area (Å²) >= 11 is 0. The highest BCUT2D eigenvalue weighted by molar-refractivity contribution is 6.13. The predicted molar refractivity (Wildman–Crippen MR) is 96.5 cm³/mol. The molecule has 0 fully saturated rings. The molecule has 0 aliphatic carbocycles. The molecule has 2 nitrogen and oxygen atoms in total. The van der Waals surface area contributed by atoms with E-state index in [-0.39, 0.29) is 7.69 Å². The molecule has 0 saturated carbocycles. The van der Waals surface area contributed by atoms with Crippen molar-refractivity contribution in [2.45, 2.75) is 0 Å². The van der Waals surface area contributed by atoms with E-state index in [1.54, 1.807) is 0 Å². The largest absolute Gasteiger partial charge is 0.482 e. The molecule has 0 aromatic heterocycles. The quantitative estimate of drug-likeness (QED) is 0.571. The molecule has 3 aromatic rings. The summed E-state index contributed by atoms with van der Waals surface area (Å²) in [6, 6.07) is 31.5. The van der Waals surface area contributed by atoms with Gasteiger partial charge in [0.05, 0.1) is 0 Å². The number of rotatable bonds is 3. The summed E-state index contributed by atoms with van der Waals surface area (Å²) in [6.45, 7) is 0. The fraction of sp³-hybridized carbons (Fsp3) is 0. The van der Waals surface area contributed by atoms with Crippen molar-refractivity contribution in [1.29, 1.82) is 0 Å². The second-order valence-corrected chi connectivity index (χ2v) is 4.82.